The van der Waals surface area contributed by atoms with Crippen LogP contribution in [0.3, 0.4) is 0 Å². The van der Waals surface area contributed by atoms with Gasteiger partial charge in [-0.2, -0.15) is 10.4 Å². The van der Waals surface area contributed by atoms with Crippen molar-refractivity contribution in [1.29, 1.82) is 5.26 Å². The van der Waals surface area contributed by atoms with Crippen molar-refractivity contribution in [1.82, 2.24) is 4.57 Å². The molecule has 1 saturated carbocycles. The van der Waals surface area contributed by atoms with Crippen molar-refractivity contribution in [3.63, 3.8) is 0 Å². The van der Waals surface area contributed by atoms with E-state index in [9.17, 15) is 25.3 Å². The summed E-state index contributed by atoms with van der Waals surface area (Å²) >= 11 is 0. The van der Waals surface area contributed by atoms with Crippen LogP contribution in [0.2, 0.25) is 0 Å². The van der Waals surface area contributed by atoms with Gasteiger partial charge in [-0.25, -0.2) is 0 Å². The Morgan fingerprint density at radius 3 is 2.55 bits per heavy atom. The Morgan fingerprint density at radius 2 is 1.93 bits per heavy atom. The van der Waals surface area contributed by atoms with Crippen molar-refractivity contribution < 1.29 is 10.0 Å². The highest BCUT2D eigenvalue weighted by atomic mass is 16.6. The number of nitrogens with zero attached hydrogens (tertiary/aromatic N) is 5. The standard InChI is InChI=1S/C20H21N5O4/c1-12-8-9-14(10-17(12)25(28)29)22-23-18-13(2)16(11-21)19(26)24(20(18)27)15-6-4-3-5-7-15/h8-10,15,26H,3-7H2,1-2H3. The summed E-state index contributed by atoms with van der Waals surface area (Å²) in [5.41, 5.74) is 0.259. The first kappa shape index (κ1) is 20.2. The Bertz CT molecular complexity index is 1090. The molecule has 1 heterocycles. The van der Waals surface area contributed by atoms with Crippen molar-refractivity contribution in [2.75, 3.05) is 0 Å². The molecule has 0 unspecified atom stereocenters. The van der Waals surface area contributed by atoms with E-state index in [4.69, 9.17) is 0 Å². The zero-order chi connectivity index (χ0) is 21.1. The smallest absolute Gasteiger partial charge is 0.281 e. The first-order valence-electron chi connectivity index (χ1n) is 9.40. The van der Waals surface area contributed by atoms with Crippen LogP contribution >= 0.6 is 0 Å². The highest BCUT2D eigenvalue weighted by molar-refractivity contribution is 5.57. The van der Waals surface area contributed by atoms with Crippen molar-refractivity contribution in [3.8, 4) is 11.9 Å². The molecule has 3 rings (SSSR count). The molecule has 0 aliphatic heterocycles. The molecular formula is C20H21N5O4. The second-order valence-electron chi connectivity index (χ2n) is 7.18. The molecule has 1 fully saturated rings. The Kier molecular flexibility index (Phi) is 5.73. The van der Waals surface area contributed by atoms with Gasteiger partial charge in [0.25, 0.3) is 11.2 Å². The molecular weight excluding hydrogens is 374 g/mol. The third-order valence-corrected chi connectivity index (χ3v) is 5.31. The number of aromatic hydroxyl groups is 1. The molecule has 0 saturated heterocycles. The minimum Gasteiger partial charge on any atom is -0.493 e. The van der Waals surface area contributed by atoms with Gasteiger partial charge in [-0.15, -0.1) is 5.11 Å². The van der Waals surface area contributed by atoms with Gasteiger partial charge in [-0.3, -0.25) is 19.5 Å². The van der Waals surface area contributed by atoms with E-state index in [1.165, 1.54) is 17.6 Å². The third kappa shape index (κ3) is 3.87. The first-order chi connectivity index (χ1) is 13.8. The molecule has 1 aliphatic carbocycles. The van der Waals surface area contributed by atoms with Gasteiger partial charge in [0.15, 0.2) is 5.69 Å². The van der Waals surface area contributed by atoms with Gasteiger partial charge in [0.1, 0.15) is 11.6 Å². The maximum Gasteiger partial charge on any atom is 0.281 e. The van der Waals surface area contributed by atoms with Crippen molar-refractivity contribution in [2.45, 2.75) is 52.0 Å². The van der Waals surface area contributed by atoms with Crippen molar-refractivity contribution in [2.24, 2.45) is 10.2 Å². The molecule has 1 N–H and O–H groups in total. The quantitative estimate of drug-likeness (QED) is 0.448. The Labute approximate surface area is 167 Å². The number of azo groups is 1. The SMILES string of the molecule is Cc1ccc(N=Nc2c(C)c(C#N)c(O)n(C3CCCCC3)c2=O)cc1[N+](=O)[O-]. The van der Waals surface area contributed by atoms with E-state index in [1.807, 2.05) is 6.07 Å². The average Bonchev–Trinajstić information content (AvgIpc) is 2.70. The molecule has 150 valence electrons. The van der Waals surface area contributed by atoms with Gasteiger partial charge >= 0.3 is 0 Å². The average molecular weight is 395 g/mol. The third-order valence-electron chi connectivity index (χ3n) is 5.31. The molecule has 2 aromatic rings. The topological polar surface area (TPSA) is 134 Å². The lowest BCUT2D eigenvalue weighted by molar-refractivity contribution is -0.385. The highest BCUT2D eigenvalue weighted by Gasteiger charge is 2.25. The molecule has 9 heteroatoms. The summed E-state index contributed by atoms with van der Waals surface area (Å²) in [6.07, 6.45) is 4.43. The van der Waals surface area contributed by atoms with Crippen LogP contribution in [0.5, 0.6) is 5.88 Å². The second kappa shape index (κ2) is 8.22. The summed E-state index contributed by atoms with van der Waals surface area (Å²) in [7, 11) is 0. The number of hydrogen-bond acceptors (Lipinski definition) is 7. The molecule has 0 amide bonds. The van der Waals surface area contributed by atoms with Gasteiger partial charge in [0.05, 0.1) is 10.6 Å². The molecule has 0 radical (unpaired) electrons. The first-order valence-corrected chi connectivity index (χ1v) is 9.40. The summed E-state index contributed by atoms with van der Waals surface area (Å²) < 4.78 is 1.25. The maximum atomic E-state index is 13.1. The summed E-state index contributed by atoms with van der Waals surface area (Å²) in [5.74, 6) is -0.341. The zero-order valence-corrected chi connectivity index (χ0v) is 16.3. The van der Waals surface area contributed by atoms with Crippen LogP contribution in [0.25, 0.3) is 0 Å². The van der Waals surface area contributed by atoms with Crippen LogP contribution in [0, 0.1) is 35.3 Å². The lowest BCUT2D eigenvalue weighted by atomic mass is 9.94. The summed E-state index contributed by atoms with van der Waals surface area (Å²) in [6.45, 7) is 3.14. The summed E-state index contributed by atoms with van der Waals surface area (Å²) in [5, 5.41) is 39.1. The number of pyridine rings is 1. The number of nitro benzene ring substituents is 1. The van der Waals surface area contributed by atoms with E-state index >= 15 is 0 Å². The normalized spacial score (nSPS) is 14.8. The molecule has 1 aliphatic rings. The summed E-state index contributed by atoms with van der Waals surface area (Å²) in [6, 6.07) is 6.14. The van der Waals surface area contributed by atoms with Crippen molar-refractivity contribution in [3.05, 3.63) is 55.4 Å². The zero-order valence-electron chi connectivity index (χ0n) is 16.3. The van der Waals surface area contributed by atoms with E-state index in [2.05, 4.69) is 10.2 Å². The fourth-order valence-electron chi connectivity index (χ4n) is 3.67. The maximum absolute atomic E-state index is 13.1. The Morgan fingerprint density at radius 1 is 1.24 bits per heavy atom. The number of nitriles is 1. The van der Waals surface area contributed by atoms with E-state index in [0.29, 0.717) is 5.56 Å². The number of aromatic nitrogens is 1. The predicted molar refractivity (Wildman–Crippen MR) is 106 cm³/mol. The van der Waals surface area contributed by atoms with E-state index in [1.54, 1.807) is 19.1 Å². The lowest BCUT2D eigenvalue weighted by Crippen LogP contribution is -2.27. The number of benzene rings is 1. The molecule has 1 aromatic carbocycles. The Hall–Kier alpha value is -3.54. The van der Waals surface area contributed by atoms with Crippen LogP contribution in [-0.4, -0.2) is 14.6 Å². The number of hydrogen-bond donors (Lipinski definition) is 1. The predicted octanol–water partition coefficient (Wildman–Crippen LogP) is 4.87. The van der Waals surface area contributed by atoms with E-state index < -0.39 is 10.5 Å². The van der Waals surface area contributed by atoms with Gasteiger partial charge in [-0.05, 0) is 32.8 Å². The second-order valence-corrected chi connectivity index (χ2v) is 7.18. The number of nitro groups is 1. The fraction of sp³-hybridized carbons (Fsp3) is 0.400. The molecule has 29 heavy (non-hydrogen) atoms. The molecule has 9 nitrogen and oxygen atoms in total. The molecule has 0 atom stereocenters. The highest BCUT2D eigenvalue weighted by Crippen LogP contribution is 2.34. The molecule has 0 spiro atoms. The number of aryl methyl sites for hydroxylation is 1. The number of rotatable bonds is 4. The van der Waals surface area contributed by atoms with Crippen LogP contribution in [-0.2, 0) is 0 Å². The van der Waals surface area contributed by atoms with Crippen LogP contribution in [0.4, 0.5) is 17.1 Å². The minimum absolute atomic E-state index is 0.0148. The van der Waals surface area contributed by atoms with Gasteiger partial charge in [-0.1, -0.05) is 25.3 Å². The summed E-state index contributed by atoms with van der Waals surface area (Å²) in [4.78, 5) is 23.7. The van der Waals surface area contributed by atoms with Crippen molar-refractivity contribution >= 4 is 17.1 Å². The van der Waals surface area contributed by atoms with E-state index in [0.717, 1.165) is 32.1 Å². The minimum atomic E-state index is -0.517. The van der Waals surface area contributed by atoms with Crippen LogP contribution in [0.15, 0.2) is 33.2 Å². The largest absolute Gasteiger partial charge is 0.493 e. The lowest BCUT2D eigenvalue weighted by Gasteiger charge is -2.25. The monoisotopic (exact) mass is 395 g/mol. The van der Waals surface area contributed by atoms with E-state index in [-0.39, 0.29) is 40.1 Å². The Balaban J connectivity index is 2.11. The fourth-order valence-corrected chi connectivity index (χ4v) is 3.67. The van der Waals surface area contributed by atoms with Crippen LogP contribution in [0.1, 0.15) is 54.8 Å². The molecule has 1 aromatic heterocycles. The van der Waals surface area contributed by atoms with Gasteiger partial charge in [0.2, 0.25) is 5.88 Å². The molecule has 0 bridgehead atoms. The van der Waals surface area contributed by atoms with Crippen LogP contribution < -0.4 is 5.56 Å². The van der Waals surface area contributed by atoms with Gasteiger partial charge in [0, 0.05) is 23.2 Å². The van der Waals surface area contributed by atoms with Gasteiger partial charge < -0.3 is 5.11 Å².